The fourth-order valence-corrected chi connectivity index (χ4v) is 7.91. The van der Waals surface area contributed by atoms with E-state index in [1.165, 1.54) is 76.4 Å². The van der Waals surface area contributed by atoms with Crippen LogP contribution in [0.2, 0.25) is 0 Å². The summed E-state index contributed by atoms with van der Waals surface area (Å²) in [5, 5.41) is 0. The first-order chi connectivity index (χ1) is 29.0. The molecular formula is C53H51F5N2S. The molecule has 0 fully saturated rings. The smallest absolute Gasteiger partial charge is 0.200 e. The molecule has 314 valence electrons. The first-order valence-electron chi connectivity index (χ1n) is 20.4. The van der Waals surface area contributed by atoms with Gasteiger partial charge in [0.15, 0.2) is 23.3 Å². The van der Waals surface area contributed by atoms with Crippen molar-refractivity contribution in [2.45, 2.75) is 72.0 Å². The monoisotopic (exact) mass is 842 g/mol. The second kappa shape index (κ2) is 18.4. The predicted octanol–water partition coefficient (Wildman–Crippen LogP) is 16.5. The van der Waals surface area contributed by atoms with Gasteiger partial charge in [-0.1, -0.05) is 107 Å². The minimum Gasteiger partial charge on any atom is -0.310 e. The van der Waals surface area contributed by atoms with Crippen LogP contribution < -0.4 is 9.80 Å². The molecule has 0 saturated heterocycles. The molecular weight excluding hydrogens is 792 g/mol. The highest BCUT2D eigenvalue weighted by atomic mass is 32.1. The summed E-state index contributed by atoms with van der Waals surface area (Å²) < 4.78 is 62.9. The molecule has 0 N–H and O–H groups in total. The second-order valence-corrected chi connectivity index (χ2v) is 17.4. The van der Waals surface area contributed by atoms with E-state index in [0.29, 0.717) is 0 Å². The van der Waals surface area contributed by atoms with E-state index < -0.39 is 39.4 Å². The number of benzene rings is 7. The summed E-state index contributed by atoms with van der Waals surface area (Å²) in [5.74, 6) is -9.75. The number of rotatable bonds is 7. The maximum absolute atomic E-state index is 13.1. The Morgan fingerprint density at radius 2 is 0.787 bits per heavy atom. The molecule has 8 heteroatoms. The maximum Gasteiger partial charge on any atom is 0.200 e. The predicted molar refractivity (Wildman–Crippen MR) is 247 cm³/mol. The number of para-hydroxylation sites is 2. The van der Waals surface area contributed by atoms with Gasteiger partial charge >= 0.3 is 0 Å². The Balaban J connectivity index is 0.000000291. The average molecular weight is 843 g/mol. The van der Waals surface area contributed by atoms with Crippen molar-refractivity contribution < 1.29 is 22.0 Å². The quantitative estimate of drug-likeness (QED) is 0.0739. The van der Waals surface area contributed by atoms with Crippen molar-refractivity contribution in [3.05, 3.63) is 202 Å². The van der Waals surface area contributed by atoms with Crippen molar-refractivity contribution in [1.82, 2.24) is 0 Å². The number of hydrogen-bond acceptors (Lipinski definition) is 3. The van der Waals surface area contributed by atoms with Crippen LogP contribution in [0.1, 0.15) is 75.8 Å². The number of nitrogens with zero attached hydrogens (tertiary/aromatic N) is 2. The molecule has 0 bridgehead atoms. The Hall–Kier alpha value is -5.86. The standard InChI is InChI=1S/C41H36N2.C9H7F5S.C3H8/c1-29-13-11-19-33(25-29)42(31-15-7-5-8-16-31)35-21-23-37-38-24-22-36(28-40(38)41(3,4)39(37)27-35)43(32-17-9-6-10-18-32)34-20-12-14-30(2)26-34;1-9(2,15)3-4(10)6(12)8(14)7(13)5(3)11;1-3-2/h5-28H,1-4H3;15H,1-2H3;3H2,1-2H3. The van der Waals surface area contributed by atoms with Gasteiger partial charge in [0.25, 0.3) is 0 Å². The minimum absolute atomic E-state index is 0.166. The van der Waals surface area contributed by atoms with Crippen molar-refractivity contribution in [2.24, 2.45) is 0 Å². The lowest BCUT2D eigenvalue weighted by Gasteiger charge is -2.29. The summed E-state index contributed by atoms with van der Waals surface area (Å²) in [5.41, 5.74) is 13.7. The molecule has 0 spiro atoms. The highest BCUT2D eigenvalue weighted by Crippen LogP contribution is 2.52. The third-order valence-electron chi connectivity index (χ3n) is 10.5. The summed E-state index contributed by atoms with van der Waals surface area (Å²) in [4.78, 5) is 4.74. The van der Waals surface area contributed by atoms with Crippen LogP contribution in [-0.2, 0) is 10.2 Å². The van der Waals surface area contributed by atoms with Gasteiger partial charge in [-0.25, -0.2) is 22.0 Å². The topological polar surface area (TPSA) is 6.48 Å². The number of aryl methyl sites for hydroxylation is 2. The van der Waals surface area contributed by atoms with E-state index in [2.05, 4.69) is 210 Å². The zero-order chi connectivity index (χ0) is 44.2. The number of thiol groups is 1. The normalized spacial score (nSPS) is 12.3. The molecule has 1 aliphatic carbocycles. The first kappa shape index (κ1) is 44.7. The number of halogens is 5. The van der Waals surface area contributed by atoms with Gasteiger partial charge in [-0.2, -0.15) is 12.6 Å². The number of anilines is 6. The van der Waals surface area contributed by atoms with Gasteiger partial charge in [-0.05, 0) is 134 Å². The molecule has 0 radical (unpaired) electrons. The van der Waals surface area contributed by atoms with Crippen molar-refractivity contribution in [1.29, 1.82) is 0 Å². The van der Waals surface area contributed by atoms with E-state index in [1.807, 2.05) is 0 Å². The molecule has 7 aromatic rings. The summed E-state index contributed by atoms with van der Waals surface area (Å²) in [6.45, 7) is 15.8. The van der Waals surface area contributed by atoms with Gasteiger partial charge in [-0.15, -0.1) is 0 Å². The van der Waals surface area contributed by atoms with E-state index in [0.717, 1.165) is 11.4 Å². The van der Waals surface area contributed by atoms with Crippen molar-refractivity contribution in [3.63, 3.8) is 0 Å². The lowest BCUT2D eigenvalue weighted by Crippen LogP contribution is -2.17. The zero-order valence-corrected chi connectivity index (χ0v) is 36.7. The molecule has 0 heterocycles. The minimum atomic E-state index is -2.16. The fraction of sp³-hybridized carbons (Fsp3) is 0.208. The number of hydrogen-bond donors (Lipinski definition) is 1. The Morgan fingerprint density at radius 3 is 1.13 bits per heavy atom. The van der Waals surface area contributed by atoms with E-state index in [1.54, 1.807) is 0 Å². The van der Waals surface area contributed by atoms with Gasteiger partial charge < -0.3 is 9.80 Å². The number of fused-ring (bicyclic) bond motifs is 3. The van der Waals surface area contributed by atoms with E-state index >= 15 is 0 Å². The van der Waals surface area contributed by atoms with Crippen LogP contribution in [0, 0.1) is 42.9 Å². The Kier molecular flexibility index (Phi) is 13.5. The van der Waals surface area contributed by atoms with Crippen molar-refractivity contribution in [2.75, 3.05) is 9.80 Å². The summed E-state index contributed by atoms with van der Waals surface area (Å²) in [6.07, 6.45) is 1.25. The lowest BCUT2D eigenvalue weighted by atomic mass is 9.82. The second-order valence-electron chi connectivity index (χ2n) is 16.3. The maximum atomic E-state index is 13.1. The molecule has 0 saturated carbocycles. The third kappa shape index (κ3) is 9.25. The molecule has 61 heavy (non-hydrogen) atoms. The molecule has 0 aliphatic heterocycles. The van der Waals surface area contributed by atoms with Gasteiger partial charge in [-0.3, -0.25) is 0 Å². The van der Waals surface area contributed by atoms with E-state index in [-0.39, 0.29) is 5.41 Å². The van der Waals surface area contributed by atoms with Crippen molar-refractivity contribution >= 4 is 46.8 Å². The van der Waals surface area contributed by atoms with Gasteiger partial charge in [0.05, 0.1) is 0 Å². The molecule has 0 aromatic heterocycles. The largest absolute Gasteiger partial charge is 0.310 e. The zero-order valence-electron chi connectivity index (χ0n) is 35.8. The summed E-state index contributed by atoms with van der Waals surface area (Å²) in [7, 11) is 0. The van der Waals surface area contributed by atoms with Crippen LogP contribution in [0.15, 0.2) is 146 Å². The lowest BCUT2D eigenvalue weighted by molar-refractivity contribution is 0.364. The molecule has 0 atom stereocenters. The molecule has 7 aromatic carbocycles. The van der Waals surface area contributed by atoms with Crippen LogP contribution in [0.4, 0.5) is 56.1 Å². The highest BCUT2D eigenvalue weighted by Gasteiger charge is 2.37. The van der Waals surface area contributed by atoms with Gasteiger partial charge in [0.2, 0.25) is 5.82 Å². The van der Waals surface area contributed by atoms with Crippen LogP contribution in [0.3, 0.4) is 0 Å². The van der Waals surface area contributed by atoms with Crippen LogP contribution in [-0.4, -0.2) is 0 Å². The average Bonchev–Trinajstić information content (AvgIpc) is 3.45. The SMILES string of the molecule is CC(C)(S)c1c(F)c(F)c(F)c(F)c1F.CCC.Cc1cccc(N(c2ccccc2)c2ccc3c(c2)C(C)(C)c2cc(N(c4ccccc4)c4cccc(C)c4)ccc2-3)c1. The first-order valence-corrected chi connectivity index (χ1v) is 20.8. The van der Waals surface area contributed by atoms with E-state index in [4.69, 9.17) is 0 Å². The van der Waals surface area contributed by atoms with Crippen molar-refractivity contribution in [3.8, 4) is 11.1 Å². The summed E-state index contributed by atoms with van der Waals surface area (Å²) in [6, 6.07) is 52.8. The molecule has 0 unspecified atom stereocenters. The molecule has 8 rings (SSSR count). The Bertz CT molecular complexity index is 2470. The van der Waals surface area contributed by atoms with Crippen LogP contribution >= 0.6 is 12.6 Å². The molecule has 0 amide bonds. The Morgan fingerprint density at radius 1 is 0.459 bits per heavy atom. The van der Waals surface area contributed by atoms with Crippen LogP contribution in [0.5, 0.6) is 0 Å². The Labute approximate surface area is 362 Å². The van der Waals surface area contributed by atoms with Crippen LogP contribution in [0.25, 0.3) is 11.1 Å². The van der Waals surface area contributed by atoms with E-state index in [9.17, 15) is 22.0 Å². The summed E-state index contributed by atoms with van der Waals surface area (Å²) >= 11 is 3.78. The fourth-order valence-electron chi connectivity index (χ4n) is 7.72. The molecule has 2 nitrogen and oxygen atoms in total. The van der Waals surface area contributed by atoms with Gasteiger partial charge in [0.1, 0.15) is 0 Å². The highest BCUT2D eigenvalue weighted by molar-refractivity contribution is 7.81. The van der Waals surface area contributed by atoms with Gasteiger partial charge in [0, 0.05) is 49.8 Å². The third-order valence-corrected chi connectivity index (χ3v) is 10.8. The molecule has 1 aliphatic rings.